The minimum atomic E-state index is -0.797. The number of nitriles is 1. The minimum absolute atomic E-state index is 0.0316. The Hall–Kier alpha value is -2.63. The first kappa shape index (κ1) is 20.6. The van der Waals surface area contributed by atoms with Crippen molar-refractivity contribution in [1.82, 2.24) is 0 Å². The van der Waals surface area contributed by atoms with E-state index < -0.39 is 17.6 Å². The Balaban J connectivity index is 2.04. The highest BCUT2D eigenvalue weighted by molar-refractivity contribution is 8.00. The standard InChI is InChI=1S/C22H19F2N3OS2/c1-11-9-12(22(29-2)30-11)18-13(10-25)21(26)27(16-7-4-8-17(28)19(16)18)20-14(23)5-3-6-15(20)24/h3,5-6,9,18H,4,7-8,26H2,1-2H3/t18-/m0/s1. The monoisotopic (exact) mass is 443 g/mol. The van der Waals surface area contributed by atoms with Crippen LogP contribution in [-0.2, 0) is 4.79 Å². The molecule has 4 rings (SSSR count). The zero-order chi connectivity index (χ0) is 21.6. The summed E-state index contributed by atoms with van der Waals surface area (Å²) in [5, 5.41) is 10.0. The molecule has 0 saturated heterocycles. The number of Topliss-reactive ketones (excluding diaryl/α,β-unsaturated/α-hetero) is 1. The molecular formula is C22H19F2N3OS2. The van der Waals surface area contributed by atoms with Crippen LogP contribution in [0, 0.1) is 29.9 Å². The van der Waals surface area contributed by atoms with E-state index in [-0.39, 0.29) is 22.9 Å². The molecule has 0 radical (unpaired) electrons. The van der Waals surface area contributed by atoms with E-state index in [1.165, 1.54) is 11.0 Å². The number of hydrogen-bond acceptors (Lipinski definition) is 6. The van der Waals surface area contributed by atoms with Gasteiger partial charge in [-0.2, -0.15) is 5.26 Å². The lowest BCUT2D eigenvalue weighted by Crippen LogP contribution is -2.39. The molecule has 30 heavy (non-hydrogen) atoms. The number of rotatable bonds is 3. The van der Waals surface area contributed by atoms with E-state index >= 15 is 0 Å². The second-order valence-electron chi connectivity index (χ2n) is 7.19. The lowest BCUT2D eigenvalue weighted by Gasteiger charge is -2.39. The average molecular weight is 444 g/mol. The van der Waals surface area contributed by atoms with Crippen molar-refractivity contribution in [3.8, 4) is 6.07 Å². The Morgan fingerprint density at radius 2 is 2.00 bits per heavy atom. The van der Waals surface area contributed by atoms with Crippen molar-refractivity contribution in [3.63, 3.8) is 0 Å². The normalized spacial score (nSPS) is 19.2. The molecule has 4 nitrogen and oxygen atoms in total. The highest BCUT2D eigenvalue weighted by atomic mass is 32.2. The lowest BCUT2D eigenvalue weighted by molar-refractivity contribution is -0.116. The van der Waals surface area contributed by atoms with Gasteiger partial charge >= 0.3 is 0 Å². The van der Waals surface area contributed by atoms with E-state index in [0.29, 0.717) is 30.5 Å². The van der Waals surface area contributed by atoms with Gasteiger partial charge in [0.25, 0.3) is 0 Å². The molecule has 0 amide bonds. The fourth-order valence-corrected chi connectivity index (χ4v) is 6.14. The molecule has 1 aromatic carbocycles. The van der Waals surface area contributed by atoms with E-state index in [1.807, 2.05) is 19.2 Å². The number of para-hydroxylation sites is 1. The van der Waals surface area contributed by atoms with Crippen molar-refractivity contribution >= 4 is 34.6 Å². The van der Waals surface area contributed by atoms with Gasteiger partial charge in [-0.3, -0.25) is 9.69 Å². The second kappa shape index (κ2) is 7.89. The van der Waals surface area contributed by atoms with Gasteiger partial charge in [0.2, 0.25) is 0 Å². The topological polar surface area (TPSA) is 70.1 Å². The van der Waals surface area contributed by atoms with Gasteiger partial charge in [-0.15, -0.1) is 23.1 Å². The summed E-state index contributed by atoms with van der Waals surface area (Å²) >= 11 is 3.13. The zero-order valence-corrected chi connectivity index (χ0v) is 18.1. The number of thioether (sulfide) groups is 1. The fourth-order valence-electron chi connectivity index (χ4n) is 4.23. The number of allylic oxidation sites excluding steroid dienone is 3. The van der Waals surface area contributed by atoms with Crippen LogP contribution in [0.2, 0.25) is 0 Å². The van der Waals surface area contributed by atoms with Gasteiger partial charge in [-0.05, 0) is 49.8 Å². The predicted molar refractivity (Wildman–Crippen MR) is 115 cm³/mol. The Kier molecular flexibility index (Phi) is 5.43. The molecule has 1 aliphatic carbocycles. The Labute approximate surface area is 181 Å². The molecule has 2 heterocycles. The quantitative estimate of drug-likeness (QED) is 0.647. The molecule has 2 N–H and O–H groups in total. The number of anilines is 1. The van der Waals surface area contributed by atoms with Crippen LogP contribution in [0.1, 0.15) is 35.6 Å². The zero-order valence-electron chi connectivity index (χ0n) is 16.5. The molecule has 2 aromatic rings. The number of nitrogens with two attached hydrogens (primary N) is 1. The van der Waals surface area contributed by atoms with Crippen LogP contribution < -0.4 is 10.6 Å². The van der Waals surface area contributed by atoms with Crippen LogP contribution in [0.3, 0.4) is 0 Å². The van der Waals surface area contributed by atoms with Crippen LogP contribution in [-0.4, -0.2) is 12.0 Å². The third kappa shape index (κ3) is 3.13. The number of halogens is 2. The molecule has 154 valence electrons. The van der Waals surface area contributed by atoms with Gasteiger partial charge in [0.1, 0.15) is 23.1 Å². The second-order valence-corrected chi connectivity index (χ2v) is 9.52. The highest BCUT2D eigenvalue weighted by Crippen LogP contribution is 2.50. The average Bonchev–Trinajstić information content (AvgIpc) is 3.09. The number of carbonyl (C=O) groups excluding carboxylic acids is 1. The van der Waals surface area contributed by atoms with Crippen molar-refractivity contribution in [3.05, 3.63) is 69.0 Å². The summed E-state index contributed by atoms with van der Waals surface area (Å²) in [5.41, 5.74) is 7.92. The number of aryl methyl sites for hydroxylation is 1. The van der Waals surface area contributed by atoms with E-state index in [1.54, 1.807) is 23.1 Å². The Morgan fingerprint density at radius 3 is 2.63 bits per heavy atom. The highest BCUT2D eigenvalue weighted by Gasteiger charge is 2.42. The third-order valence-corrected chi connectivity index (χ3v) is 7.64. The first-order valence-corrected chi connectivity index (χ1v) is 11.5. The number of carbonyl (C=O) groups is 1. The van der Waals surface area contributed by atoms with Crippen molar-refractivity contribution in [2.24, 2.45) is 5.73 Å². The molecule has 8 heteroatoms. The molecular weight excluding hydrogens is 424 g/mol. The summed E-state index contributed by atoms with van der Waals surface area (Å²) in [6.07, 6.45) is 3.28. The van der Waals surface area contributed by atoms with Crippen molar-refractivity contribution in [2.45, 2.75) is 36.3 Å². The van der Waals surface area contributed by atoms with Gasteiger partial charge in [0, 0.05) is 22.6 Å². The van der Waals surface area contributed by atoms with Crippen molar-refractivity contribution < 1.29 is 13.6 Å². The van der Waals surface area contributed by atoms with E-state index in [2.05, 4.69) is 6.07 Å². The summed E-state index contributed by atoms with van der Waals surface area (Å²) in [7, 11) is 0. The van der Waals surface area contributed by atoms with Gasteiger partial charge in [-0.25, -0.2) is 8.78 Å². The van der Waals surface area contributed by atoms with E-state index in [9.17, 15) is 18.8 Å². The van der Waals surface area contributed by atoms with Gasteiger partial charge in [0.05, 0.1) is 21.8 Å². The van der Waals surface area contributed by atoms with Crippen LogP contribution in [0.15, 0.2) is 51.1 Å². The first-order valence-electron chi connectivity index (χ1n) is 9.43. The molecule has 2 aliphatic rings. The predicted octanol–water partition coefficient (Wildman–Crippen LogP) is 5.36. The Bertz CT molecular complexity index is 1140. The number of thiophene rings is 1. The van der Waals surface area contributed by atoms with Crippen LogP contribution in [0.5, 0.6) is 0 Å². The molecule has 1 aliphatic heterocycles. The molecule has 1 aromatic heterocycles. The Morgan fingerprint density at radius 1 is 1.30 bits per heavy atom. The van der Waals surface area contributed by atoms with Gasteiger partial charge < -0.3 is 5.73 Å². The fraction of sp³-hybridized carbons (Fsp3) is 0.273. The summed E-state index contributed by atoms with van der Waals surface area (Å²) in [5.74, 6) is -2.37. The van der Waals surface area contributed by atoms with Crippen LogP contribution in [0.4, 0.5) is 14.5 Å². The van der Waals surface area contributed by atoms with Gasteiger partial charge in [-0.1, -0.05) is 6.07 Å². The SMILES string of the molecule is CSc1sc(C)cc1[C@H]1C(C#N)=C(N)N(c2c(F)cccc2F)C2=C1C(=O)CCC2. The van der Waals surface area contributed by atoms with Crippen LogP contribution in [0.25, 0.3) is 0 Å². The lowest BCUT2D eigenvalue weighted by atomic mass is 9.76. The smallest absolute Gasteiger partial charge is 0.161 e. The number of nitrogens with zero attached hydrogens (tertiary/aromatic N) is 2. The minimum Gasteiger partial charge on any atom is -0.384 e. The molecule has 0 spiro atoms. The third-order valence-electron chi connectivity index (χ3n) is 5.42. The summed E-state index contributed by atoms with van der Waals surface area (Å²) in [4.78, 5) is 15.4. The molecule has 0 saturated carbocycles. The first-order chi connectivity index (χ1) is 14.4. The van der Waals surface area contributed by atoms with Crippen molar-refractivity contribution in [2.75, 3.05) is 11.2 Å². The van der Waals surface area contributed by atoms with Crippen LogP contribution >= 0.6 is 23.1 Å². The molecule has 1 atom stereocenters. The maximum atomic E-state index is 14.7. The molecule has 0 bridgehead atoms. The number of hydrogen-bond donors (Lipinski definition) is 1. The largest absolute Gasteiger partial charge is 0.384 e. The van der Waals surface area contributed by atoms with E-state index in [4.69, 9.17) is 5.73 Å². The van der Waals surface area contributed by atoms with E-state index in [0.717, 1.165) is 26.8 Å². The number of ketones is 1. The summed E-state index contributed by atoms with van der Waals surface area (Å²) < 4.78 is 30.4. The molecule has 0 fully saturated rings. The van der Waals surface area contributed by atoms with Gasteiger partial charge in [0.15, 0.2) is 5.78 Å². The maximum absolute atomic E-state index is 14.7. The molecule has 0 unspecified atom stereocenters. The number of benzene rings is 1. The summed E-state index contributed by atoms with van der Waals surface area (Å²) in [6, 6.07) is 7.66. The van der Waals surface area contributed by atoms with Crippen molar-refractivity contribution in [1.29, 1.82) is 5.26 Å². The maximum Gasteiger partial charge on any atom is 0.161 e. The summed E-state index contributed by atoms with van der Waals surface area (Å²) in [6.45, 7) is 1.97.